The first-order valence-corrected chi connectivity index (χ1v) is 5.86. The first-order valence-electron chi connectivity index (χ1n) is 4.98. The number of hydrogen-bond donors (Lipinski definition) is 0. The number of hydrogen-bond acceptors (Lipinski definition) is 4. The standard InChI is InChI=1S/C12H12N2OS/c1-7-4-11(9(3)14-13-7)12(15)10-5-8(2)16-6-10/h4-6H,1-3H3. The molecule has 2 heterocycles. The van der Waals surface area contributed by atoms with Crippen molar-refractivity contribution in [2.45, 2.75) is 20.8 Å². The van der Waals surface area contributed by atoms with Crippen LogP contribution in [0.15, 0.2) is 17.5 Å². The summed E-state index contributed by atoms with van der Waals surface area (Å²) in [5.41, 5.74) is 2.82. The third kappa shape index (κ3) is 2.02. The molecule has 0 spiro atoms. The predicted molar refractivity (Wildman–Crippen MR) is 64.0 cm³/mol. The quantitative estimate of drug-likeness (QED) is 0.748. The third-order valence-corrected chi connectivity index (χ3v) is 3.20. The van der Waals surface area contributed by atoms with Gasteiger partial charge in [-0.1, -0.05) is 0 Å². The zero-order valence-corrected chi connectivity index (χ0v) is 10.3. The Morgan fingerprint density at radius 2 is 1.94 bits per heavy atom. The molecule has 3 nitrogen and oxygen atoms in total. The van der Waals surface area contributed by atoms with E-state index in [1.807, 2.05) is 25.3 Å². The van der Waals surface area contributed by atoms with Gasteiger partial charge in [-0.25, -0.2) is 0 Å². The second kappa shape index (κ2) is 4.14. The number of ketones is 1. The summed E-state index contributed by atoms with van der Waals surface area (Å²) in [4.78, 5) is 13.3. The van der Waals surface area contributed by atoms with Crippen LogP contribution >= 0.6 is 11.3 Å². The molecule has 4 heteroatoms. The average Bonchev–Trinajstić information content (AvgIpc) is 2.67. The van der Waals surface area contributed by atoms with E-state index in [0.717, 1.165) is 16.1 Å². The molecule has 0 aliphatic rings. The molecule has 0 saturated heterocycles. The highest BCUT2D eigenvalue weighted by molar-refractivity contribution is 7.10. The molecule has 0 aliphatic carbocycles. The van der Waals surface area contributed by atoms with Gasteiger partial charge >= 0.3 is 0 Å². The molecule has 0 N–H and O–H groups in total. The Bertz CT molecular complexity index is 546. The Kier molecular flexibility index (Phi) is 2.83. The molecular formula is C12H12N2OS. The number of aryl methyl sites for hydroxylation is 3. The van der Waals surface area contributed by atoms with E-state index < -0.39 is 0 Å². The molecule has 2 rings (SSSR count). The van der Waals surface area contributed by atoms with Crippen LogP contribution in [-0.2, 0) is 0 Å². The first kappa shape index (κ1) is 11.0. The fourth-order valence-corrected chi connectivity index (χ4v) is 2.18. The van der Waals surface area contributed by atoms with Crippen LogP contribution in [0.3, 0.4) is 0 Å². The van der Waals surface area contributed by atoms with Gasteiger partial charge in [0.1, 0.15) is 0 Å². The number of rotatable bonds is 2. The van der Waals surface area contributed by atoms with Gasteiger partial charge in [0.05, 0.1) is 11.4 Å². The Balaban J connectivity index is 2.45. The summed E-state index contributed by atoms with van der Waals surface area (Å²) in [7, 11) is 0. The number of thiophene rings is 1. The van der Waals surface area contributed by atoms with Gasteiger partial charge < -0.3 is 0 Å². The summed E-state index contributed by atoms with van der Waals surface area (Å²) >= 11 is 1.58. The summed E-state index contributed by atoms with van der Waals surface area (Å²) in [5.74, 6) is 0.0276. The maximum Gasteiger partial charge on any atom is 0.195 e. The van der Waals surface area contributed by atoms with E-state index >= 15 is 0 Å². The lowest BCUT2D eigenvalue weighted by Gasteiger charge is -2.02. The van der Waals surface area contributed by atoms with Gasteiger partial charge in [-0.15, -0.1) is 11.3 Å². The molecular weight excluding hydrogens is 220 g/mol. The molecule has 0 fully saturated rings. The van der Waals surface area contributed by atoms with Gasteiger partial charge in [-0.3, -0.25) is 4.79 Å². The van der Waals surface area contributed by atoms with Crippen LogP contribution < -0.4 is 0 Å². The van der Waals surface area contributed by atoms with E-state index in [2.05, 4.69) is 10.2 Å². The van der Waals surface area contributed by atoms with Gasteiger partial charge in [0.2, 0.25) is 0 Å². The summed E-state index contributed by atoms with van der Waals surface area (Å²) in [5, 5.41) is 9.77. The van der Waals surface area contributed by atoms with Crippen molar-refractivity contribution in [2.24, 2.45) is 0 Å². The maximum atomic E-state index is 12.2. The van der Waals surface area contributed by atoms with Crippen LogP contribution in [0.4, 0.5) is 0 Å². The molecule has 0 unspecified atom stereocenters. The third-order valence-electron chi connectivity index (χ3n) is 2.34. The van der Waals surface area contributed by atoms with E-state index in [1.54, 1.807) is 24.3 Å². The maximum absolute atomic E-state index is 12.2. The van der Waals surface area contributed by atoms with E-state index in [1.165, 1.54) is 0 Å². The smallest absolute Gasteiger partial charge is 0.195 e. The predicted octanol–water partition coefficient (Wildman–Crippen LogP) is 2.69. The first-order chi connectivity index (χ1) is 7.58. The molecule has 2 aromatic heterocycles. The molecule has 0 aliphatic heterocycles. The zero-order chi connectivity index (χ0) is 11.7. The van der Waals surface area contributed by atoms with Crippen LogP contribution in [0.25, 0.3) is 0 Å². The van der Waals surface area contributed by atoms with Gasteiger partial charge in [-0.2, -0.15) is 10.2 Å². The molecule has 0 amide bonds. The lowest BCUT2D eigenvalue weighted by Crippen LogP contribution is -2.06. The topological polar surface area (TPSA) is 42.9 Å². The lowest BCUT2D eigenvalue weighted by atomic mass is 10.0. The fraction of sp³-hybridized carbons (Fsp3) is 0.250. The van der Waals surface area contributed by atoms with Crippen LogP contribution in [0.2, 0.25) is 0 Å². The van der Waals surface area contributed by atoms with E-state index in [9.17, 15) is 4.79 Å². The minimum absolute atomic E-state index is 0.0276. The summed E-state index contributed by atoms with van der Waals surface area (Å²) in [6.45, 7) is 5.63. The van der Waals surface area contributed by atoms with Crippen molar-refractivity contribution in [1.29, 1.82) is 0 Å². The van der Waals surface area contributed by atoms with Crippen LogP contribution in [-0.4, -0.2) is 16.0 Å². The van der Waals surface area contributed by atoms with E-state index in [4.69, 9.17) is 0 Å². The van der Waals surface area contributed by atoms with Gasteiger partial charge in [0, 0.05) is 21.4 Å². The van der Waals surface area contributed by atoms with Crippen molar-refractivity contribution in [3.05, 3.63) is 44.9 Å². The minimum Gasteiger partial charge on any atom is -0.289 e. The Hall–Kier alpha value is -1.55. The molecule has 16 heavy (non-hydrogen) atoms. The van der Waals surface area contributed by atoms with Crippen molar-refractivity contribution >= 4 is 17.1 Å². The molecule has 0 bridgehead atoms. The minimum atomic E-state index is 0.0276. The summed E-state index contributed by atoms with van der Waals surface area (Å²) in [6, 6.07) is 3.69. The SMILES string of the molecule is Cc1cc(C(=O)c2csc(C)c2)c(C)nn1. The highest BCUT2D eigenvalue weighted by Gasteiger charge is 2.14. The number of aromatic nitrogens is 2. The monoisotopic (exact) mass is 232 g/mol. The largest absolute Gasteiger partial charge is 0.289 e. The second-order valence-corrected chi connectivity index (χ2v) is 4.88. The Morgan fingerprint density at radius 1 is 1.19 bits per heavy atom. The van der Waals surface area contributed by atoms with Gasteiger partial charge in [0.15, 0.2) is 5.78 Å². The molecule has 0 aromatic carbocycles. The highest BCUT2D eigenvalue weighted by Crippen LogP contribution is 2.18. The number of carbonyl (C=O) groups is 1. The highest BCUT2D eigenvalue weighted by atomic mass is 32.1. The lowest BCUT2D eigenvalue weighted by molar-refractivity contribution is 0.103. The van der Waals surface area contributed by atoms with Crippen LogP contribution in [0, 0.1) is 20.8 Å². The molecule has 82 valence electrons. The molecule has 0 radical (unpaired) electrons. The van der Waals surface area contributed by atoms with Crippen molar-refractivity contribution < 1.29 is 4.79 Å². The molecule has 0 atom stereocenters. The van der Waals surface area contributed by atoms with Gasteiger partial charge in [0.25, 0.3) is 0 Å². The number of carbonyl (C=O) groups excluding carboxylic acids is 1. The van der Waals surface area contributed by atoms with Crippen LogP contribution in [0.5, 0.6) is 0 Å². The normalized spacial score (nSPS) is 10.4. The van der Waals surface area contributed by atoms with Crippen LogP contribution in [0.1, 0.15) is 32.2 Å². The molecule has 2 aromatic rings. The fourth-order valence-electron chi connectivity index (χ4n) is 1.50. The molecule has 0 saturated carbocycles. The van der Waals surface area contributed by atoms with Crippen molar-refractivity contribution in [1.82, 2.24) is 10.2 Å². The number of nitrogens with zero attached hydrogens (tertiary/aromatic N) is 2. The Labute approximate surface area is 98.2 Å². The summed E-state index contributed by atoms with van der Waals surface area (Å²) in [6.07, 6.45) is 0. The van der Waals surface area contributed by atoms with Crippen molar-refractivity contribution in [3.8, 4) is 0 Å². The van der Waals surface area contributed by atoms with Gasteiger partial charge in [-0.05, 0) is 32.9 Å². The van der Waals surface area contributed by atoms with Crippen molar-refractivity contribution in [2.75, 3.05) is 0 Å². The second-order valence-electron chi connectivity index (χ2n) is 3.76. The zero-order valence-electron chi connectivity index (χ0n) is 9.44. The van der Waals surface area contributed by atoms with E-state index in [0.29, 0.717) is 11.3 Å². The average molecular weight is 232 g/mol. The summed E-state index contributed by atoms with van der Waals surface area (Å²) < 4.78 is 0. The van der Waals surface area contributed by atoms with Crippen molar-refractivity contribution in [3.63, 3.8) is 0 Å². The Morgan fingerprint density at radius 3 is 2.56 bits per heavy atom. The van der Waals surface area contributed by atoms with E-state index in [-0.39, 0.29) is 5.78 Å².